The van der Waals surface area contributed by atoms with Crippen LogP contribution in [0.15, 0.2) is 103 Å². The van der Waals surface area contributed by atoms with Gasteiger partial charge in [0, 0.05) is 0 Å². The van der Waals surface area contributed by atoms with Gasteiger partial charge in [-0.1, -0.05) is 0 Å². The summed E-state index contributed by atoms with van der Waals surface area (Å²) in [5.41, 5.74) is 10.7. The van der Waals surface area contributed by atoms with Crippen LogP contribution >= 0.6 is 8.58 Å². The Balaban J connectivity index is 0.00000130. The molecule has 0 fully saturated rings. The van der Waals surface area contributed by atoms with Crippen molar-refractivity contribution in [1.29, 1.82) is 0 Å². The molecule has 4 heteroatoms. The number of fused-ring (bicyclic) bond motifs is 4. The molecule has 162 valence electrons. The van der Waals surface area contributed by atoms with Gasteiger partial charge in [0.05, 0.1) is 0 Å². The average Bonchev–Trinajstić information content (AvgIpc) is 3.32. The molecule has 0 heterocycles. The number of benzene rings is 4. The van der Waals surface area contributed by atoms with Crippen molar-refractivity contribution < 1.29 is 44.0 Å². The normalized spacial score (nSPS) is 15.4. The maximum absolute atomic E-state index is 2.41. The molecule has 0 aromatic heterocycles. The van der Waals surface area contributed by atoms with E-state index in [1.807, 2.05) is 0 Å². The van der Waals surface area contributed by atoms with Gasteiger partial charge in [-0.15, -0.1) is 0 Å². The molecule has 2 unspecified atom stereocenters. The van der Waals surface area contributed by atoms with Crippen molar-refractivity contribution >= 4 is 23.1 Å². The minimum absolute atomic E-state index is 0. The zero-order valence-corrected chi connectivity index (χ0v) is 22.4. The van der Waals surface area contributed by atoms with E-state index in [-0.39, 0.29) is 44.0 Å². The van der Waals surface area contributed by atoms with E-state index in [4.69, 9.17) is 0 Å². The van der Waals surface area contributed by atoms with Crippen molar-refractivity contribution in [3.8, 4) is 11.1 Å². The van der Waals surface area contributed by atoms with Gasteiger partial charge in [0.25, 0.3) is 0 Å². The molecule has 6 rings (SSSR count). The first-order valence-corrected chi connectivity index (χ1v) is 13.6. The SMILES string of the molecule is CC1=C(Pc2ccccc2)c2ccccc2[CH]1[Ti+2][c]1cccc2c1Cc1ccccc1-2.[Cl-].[Cl-]. The van der Waals surface area contributed by atoms with Gasteiger partial charge in [-0.25, -0.2) is 0 Å². The number of rotatable bonds is 4. The maximum Gasteiger partial charge on any atom is -1.00 e. The number of hydrogen-bond donors (Lipinski definition) is 0. The second kappa shape index (κ2) is 10.3. The summed E-state index contributed by atoms with van der Waals surface area (Å²) in [5.74, 6) is 0. The summed E-state index contributed by atoms with van der Waals surface area (Å²) in [6, 6.07) is 36.1. The molecule has 0 saturated carbocycles. The van der Waals surface area contributed by atoms with E-state index >= 15 is 0 Å². The van der Waals surface area contributed by atoms with Gasteiger partial charge in [0.15, 0.2) is 0 Å². The van der Waals surface area contributed by atoms with E-state index in [9.17, 15) is 0 Å². The summed E-state index contributed by atoms with van der Waals surface area (Å²) in [4.78, 5) is 0. The fourth-order valence-electron chi connectivity index (χ4n) is 5.03. The molecule has 0 aliphatic heterocycles. The Kier molecular flexibility index (Phi) is 7.64. The van der Waals surface area contributed by atoms with Crippen LogP contribution < -0.4 is 34.0 Å². The van der Waals surface area contributed by atoms with Crippen LogP contribution in [-0.2, 0) is 25.6 Å². The van der Waals surface area contributed by atoms with Crippen molar-refractivity contribution in [3.05, 3.63) is 125 Å². The number of hydrogen-bond acceptors (Lipinski definition) is 0. The Morgan fingerprint density at radius 3 is 2.18 bits per heavy atom. The van der Waals surface area contributed by atoms with Crippen LogP contribution in [-0.4, -0.2) is 0 Å². The second-order valence-corrected chi connectivity index (χ2v) is 11.9. The molecule has 2 atom stereocenters. The van der Waals surface area contributed by atoms with Gasteiger partial charge in [0.1, 0.15) is 0 Å². The van der Waals surface area contributed by atoms with E-state index in [0.29, 0.717) is 4.22 Å². The third-order valence-corrected chi connectivity index (χ3v) is 10.9. The molecular weight excluding hydrogens is 498 g/mol. The Hall–Kier alpha value is -1.66. The summed E-state index contributed by atoms with van der Waals surface area (Å²) in [6.07, 6.45) is 1.10. The molecule has 0 N–H and O–H groups in total. The molecule has 0 spiro atoms. The third kappa shape index (κ3) is 4.41. The summed E-state index contributed by atoms with van der Waals surface area (Å²) in [6.45, 7) is 2.40. The molecule has 33 heavy (non-hydrogen) atoms. The van der Waals surface area contributed by atoms with Gasteiger partial charge in [-0.05, 0) is 0 Å². The van der Waals surface area contributed by atoms with E-state index in [0.717, 1.165) is 15.0 Å². The molecule has 2 aliphatic rings. The topological polar surface area (TPSA) is 0 Å². The summed E-state index contributed by atoms with van der Waals surface area (Å²) >= 11 is -0.343. The van der Waals surface area contributed by atoms with Gasteiger partial charge in [0.2, 0.25) is 0 Å². The van der Waals surface area contributed by atoms with E-state index in [2.05, 4.69) is 104 Å². The van der Waals surface area contributed by atoms with Crippen LogP contribution in [0, 0.1) is 0 Å². The first-order valence-electron chi connectivity index (χ1n) is 10.9. The summed E-state index contributed by atoms with van der Waals surface area (Å²) in [5, 5.41) is 3.01. The molecule has 0 nitrogen and oxygen atoms in total. The maximum atomic E-state index is 2.41. The van der Waals surface area contributed by atoms with E-state index in [1.165, 1.54) is 27.6 Å². The van der Waals surface area contributed by atoms with Crippen LogP contribution in [0.3, 0.4) is 0 Å². The molecule has 0 bridgehead atoms. The smallest absolute Gasteiger partial charge is 1.00 e. The zero-order valence-electron chi connectivity index (χ0n) is 18.3. The number of halogens is 2. The standard InChI is InChI=1S/C16H14P.C13H9.2ClH.Ti/c1-12-11-13-7-5-6-10-15(13)16(12)17-14-8-3-2-4-9-14;1-3-7-12-10(5-1)9-11-6-2-4-8-13(11)12;;;/h2-11,17H,1H3;1-5,7-8H,9H2;2*1H;/q;;;;+2/p-2. The van der Waals surface area contributed by atoms with E-state index in [1.54, 1.807) is 25.9 Å². The van der Waals surface area contributed by atoms with Gasteiger partial charge in [-0.3, -0.25) is 0 Å². The third-order valence-electron chi connectivity index (χ3n) is 6.56. The molecule has 0 radical (unpaired) electrons. The fraction of sp³-hybridized carbons (Fsp3) is 0.103. The monoisotopic (exact) mass is 520 g/mol. The van der Waals surface area contributed by atoms with Crippen molar-refractivity contribution in [2.24, 2.45) is 0 Å². The summed E-state index contributed by atoms with van der Waals surface area (Å²) < 4.78 is 2.23. The quantitative estimate of drug-likeness (QED) is 0.239. The van der Waals surface area contributed by atoms with Gasteiger partial charge < -0.3 is 24.8 Å². The Labute approximate surface area is 219 Å². The predicted molar refractivity (Wildman–Crippen MR) is 130 cm³/mol. The molecule has 4 aromatic carbocycles. The van der Waals surface area contributed by atoms with Gasteiger partial charge >= 0.3 is 196 Å². The van der Waals surface area contributed by atoms with Crippen molar-refractivity contribution in [2.45, 2.75) is 17.6 Å². The molecule has 2 aliphatic carbocycles. The average molecular weight is 521 g/mol. The van der Waals surface area contributed by atoms with Crippen molar-refractivity contribution in [2.75, 3.05) is 0 Å². The predicted octanol–water partition coefficient (Wildman–Crippen LogP) is 0.464. The van der Waals surface area contributed by atoms with E-state index < -0.39 is 0 Å². The first-order chi connectivity index (χ1) is 15.3. The second-order valence-electron chi connectivity index (χ2n) is 8.38. The van der Waals surface area contributed by atoms with Crippen molar-refractivity contribution in [1.82, 2.24) is 0 Å². The molecule has 0 amide bonds. The Bertz CT molecular complexity index is 1330. The minimum Gasteiger partial charge on any atom is -1.00 e. The first kappa shape index (κ1) is 24.5. The molecular formula is C29H23Cl2PTi. The van der Waals surface area contributed by atoms with Crippen molar-refractivity contribution in [3.63, 3.8) is 0 Å². The van der Waals surface area contributed by atoms with Gasteiger partial charge in [-0.2, -0.15) is 0 Å². The largest absolute Gasteiger partial charge is 1.00 e. The minimum atomic E-state index is -0.343. The number of allylic oxidation sites excluding steroid dienone is 1. The fourth-order valence-corrected chi connectivity index (χ4v) is 9.22. The Morgan fingerprint density at radius 2 is 1.36 bits per heavy atom. The zero-order chi connectivity index (χ0) is 20.8. The summed E-state index contributed by atoms with van der Waals surface area (Å²) in [7, 11) is 0.733. The van der Waals surface area contributed by atoms with Crippen LogP contribution in [0.1, 0.15) is 33.4 Å². The molecule has 0 saturated heterocycles. The van der Waals surface area contributed by atoms with Crippen LogP contribution in [0.2, 0.25) is 0 Å². The molecule has 4 aromatic rings. The van der Waals surface area contributed by atoms with Crippen LogP contribution in [0.25, 0.3) is 16.4 Å². The van der Waals surface area contributed by atoms with Crippen LogP contribution in [0.4, 0.5) is 0 Å². The Morgan fingerprint density at radius 1 is 0.697 bits per heavy atom. The van der Waals surface area contributed by atoms with Crippen LogP contribution in [0.5, 0.6) is 0 Å².